The number of amides is 2. The molecule has 0 atom stereocenters. The van der Waals surface area contributed by atoms with Crippen molar-refractivity contribution in [3.8, 4) is 0 Å². The molecule has 0 saturated heterocycles. The molecular formula is C15H7ClN4O. The Morgan fingerprint density at radius 2 is 1.67 bits per heavy atom. The lowest BCUT2D eigenvalue weighted by atomic mass is 10.1. The molecule has 0 unspecified atom stereocenters. The van der Waals surface area contributed by atoms with Crippen LogP contribution in [-0.4, -0.2) is 29.6 Å². The first kappa shape index (κ1) is 12.1. The van der Waals surface area contributed by atoms with Gasteiger partial charge in [0.1, 0.15) is 5.71 Å². The summed E-state index contributed by atoms with van der Waals surface area (Å²) in [5.74, 6) is 0.731. The molecule has 0 saturated carbocycles. The Bertz CT molecular complexity index is 924. The van der Waals surface area contributed by atoms with Crippen LogP contribution in [0.15, 0.2) is 56.4 Å². The van der Waals surface area contributed by atoms with E-state index in [9.17, 15) is 4.79 Å². The number of fused-ring (bicyclic) bond motifs is 2. The highest BCUT2D eigenvalue weighted by atomic mass is 35.5. The number of nitrogens with zero attached hydrogens (tertiary/aromatic N) is 4. The summed E-state index contributed by atoms with van der Waals surface area (Å²) in [7, 11) is 0. The van der Waals surface area contributed by atoms with E-state index in [0.29, 0.717) is 22.1 Å². The molecule has 0 radical (unpaired) electrons. The van der Waals surface area contributed by atoms with Crippen molar-refractivity contribution in [1.29, 1.82) is 0 Å². The van der Waals surface area contributed by atoms with E-state index in [4.69, 9.17) is 11.6 Å². The third kappa shape index (κ3) is 1.98. The highest BCUT2D eigenvalue weighted by Gasteiger charge is 2.23. The van der Waals surface area contributed by atoms with E-state index in [1.165, 1.54) is 6.21 Å². The predicted molar refractivity (Wildman–Crippen MR) is 84.3 cm³/mol. The predicted octanol–water partition coefficient (Wildman–Crippen LogP) is 3.30. The highest BCUT2D eigenvalue weighted by molar-refractivity contribution is 6.68. The molecule has 4 rings (SSSR count). The maximum atomic E-state index is 11.2. The SMILES string of the molecule is O=C1N=CC2=NC(c3cc4ccccc4cc3Cl)=NC2=N1. The molecule has 2 aromatic carbocycles. The van der Waals surface area contributed by atoms with Crippen molar-refractivity contribution in [2.45, 2.75) is 0 Å². The number of amidine groups is 2. The number of benzene rings is 2. The highest BCUT2D eigenvalue weighted by Crippen LogP contribution is 2.26. The van der Waals surface area contributed by atoms with Crippen LogP contribution < -0.4 is 0 Å². The minimum Gasteiger partial charge on any atom is -0.244 e. The maximum absolute atomic E-state index is 11.2. The molecular weight excluding hydrogens is 288 g/mol. The van der Waals surface area contributed by atoms with E-state index in [-0.39, 0.29) is 5.84 Å². The van der Waals surface area contributed by atoms with Crippen LogP contribution in [0.3, 0.4) is 0 Å². The van der Waals surface area contributed by atoms with Crippen LogP contribution in [0, 0.1) is 0 Å². The molecule has 2 heterocycles. The van der Waals surface area contributed by atoms with E-state index in [1.54, 1.807) is 0 Å². The summed E-state index contributed by atoms with van der Waals surface area (Å²) < 4.78 is 0. The number of urea groups is 1. The molecule has 2 aliphatic heterocycles. The van der Waals surface area contributed by atoms with Crippen molar-refractivity contribution < 1.29 is 4.79 Å². The topological polar surface area (TPSA) is 66.5 Å². The minimum absolute atomic E-state index is 0.286. The van der Waals surface area contributed by atoms with E-state index in [0.717, 1.165) is 10.8 Å². The van der Waals surface area contributed by atoms with Crippen molar-refractivity contribution in [2.75, 3.05) is 0 Å². The van der Waals surface area contributed by atoms with Crippen molar-refractivity contribution in [2.24, 2.45) is 20.0 Å². The van der Waals surface area contributed by atoms with Gasteiger partial charge in [-0.15, -0.1) is 0 Å². The number of rotatable bonds is 1. The summed E-state index contributed by atoms with van der Waals surface area (Å²) >= 11 is 6.32. The Hall–Kier alpha value is -2.66. The summed E-state index contributed by atoms with van der Waals surface area (Å²) in [5.41, 5.74) is 1.19. The number of hydrogen-bond acceptors (Lipinski definition) is 3. The van der Waals surface area contributed by atoms with Gasteiger partial charge >= 0.3 is 6.03 Å². The molecule has 0 aromatic heterocycles. The van der Waals surface area contributed by atoms with Gasteiger partial charge in [0.25, 0.3) is 0 Å². The number of carbonyl (C=O) groups excluding carboxylic acids is 1. The summed E-state index contributed by atoms with van der Waals surface area (Å²) in [6.45, 7) is 0. The average Bonchev–Trinajstić information content (AvgIpc) is 2.89. The third-order valence-corrected chi connectivity index (χ3v) is 3.56. The Morgan fingerprint density at radius 3 is 2.48 bits per heavy atom. The molecule has 6 heteroatoms. The van der Waals surface area contributed by atoms with Gasteiger partial charge in [-0.2, -0.15) is 9.98 Å². The Balaban J connectivity index is 1.88. The molecule has 2 aliphatic rings. The van der Waals surface area contributed by atoms with Crippen molar-refractivity contribution in [1.82, 2.24) is 0 Å². The lowest BCUT2D eigenvalue weighted by Crippen LogP contribution is -2.16. The fraction of sp³-hybridized carbons (Fsp3) is 0. The Labute approximate surface area is 124 Å². The number of hydrogen-bond donors (Lipinski definition) is 0. The maximum Gasteiger partial charge on any atom is 0.369 e. The molecule has 0 N–H and O–H groups in total. The zero-order valence-electron chi connectivity index (χ0n) is 10.6. The van der Waals surface area contributed by atoms with Gasteiger partial charge < -0.3 is 0 Å². The first-order valence-electron chi connectivity index (χ1n) is 6.24. The molecule has 5 nitrogen and oxygen atoms in total. The summed E-state index contributed by atoms with van der Waals surface area (Å²) in [4.78, 5) is 27.1. The molecule has 0 bridgehead atoms. The third-order valence-electron chi connectivity index (χ3n) is 3.24. The van der Waals surface area contributed by atoms with Crippen molar-refractivity contribution >= 4 is 52.0 Å². The van der Waals surface area contributed by atoms with Crippen LogP contribution in [-0.2, 0) is 0 Å². The largest absolute Gasteiger partial charge is 0.369 e. The normalized spacial score (nSPS) is 16.6. The molecule has 0 fully saturated rings. The van der Waals surface area contributed by atoms with E-state index < -0.39 is 6.03 Å². The van der Waals surface area contributed by atoms with Crippen molar-refractivity contribution in [3.63, 3.8) is 0 Å². The van der Waals surface area contributed by atoms with Gasteiger partial charge in [-0.1, -0.05) is 35.9 Å². The van der Waals surface area contributed by atoms with Gasteiger partial charge in [0.15, 0.2) is 11.7 Å². The number of carbonyl (C=O) groups is 1. The zero-order valence-corrected chi connectivity index (χ0v) is 11.4. The lowest BCUT2D eigenvalue weighted by Gasteiger charge is -2.04. The first-order chi connectivity index (χ1) is 10.2. The van der Waals surface area contributed by atoms with Gasteiger partial charge in [0, 0.05) is 5.56 Å². The lowest BCUT2D eigenvalue weighted by molar-refractivity contribution is 0.257. The van der Waals surface area contributed by atoms with Crippen molar-refractivity contribution in [3.05, 3.63) is 47.0 Å². The first-order valence-corrected chi connectivity index (χ1v) is 6.62. The van der Waals surface area contributed by atoms with Crippen LogP contribution in [0.1, 0.15) is 5.56 Å². The quantitative estimate of drug-likeness (QED) is 0.795. The van der Waals surface area contributed by atoms with Crippen LogP contribution in [0.25, 0.3) is 10.8 Å². The second kappa shape index (κ2) is 4.43. The van der Waals surface area contributed by atoms with Gasteiger partial charge in [0.2, 0.25) is 0 Å². The summed E-state index contributed by atoms with van der Waals surface area (Å²) in [6, 6.07) is 11.1. The number of halogens is 1. The molecule has 2 amide bonds. The van der Waals surface area contributed by atoms with Crippen LogP contribution >= 0.6 is 11.6 Å². The number of aliphatic imine (C=N–C) groups is 4. The van der Waals surface area contributed by atoms with Gasteiger partial charge in [-0.05, 0) is 22.9 Å². The second-order valence-corrected chi connectivity index (χ2v) is 5.00. The molecule has 2 aromatic rings. The Morgan fingerprint density at radius 1 is 0.905 bits per heavy atom. The standard InChI is InChI=1S/C15H7ClN4O/c16-11-6-9-4-2-1-3-8(9)5-10(11)13-18-12-7-17-15(21)20-14(12)19-13/h1-7H. The summed E-state index contributed by atoms with van der Waals surface area (Å²) in [6.07, 6.45) is 1.37. The zero-order chi connectivity index (χ0) is 14.4. The smallest absolute Gasteiger partial charge is 0.244 e. The molecule has 21 heavy (non-hydrogen) atoms. The van der Waals surface area contributed by atoms with Crippen LogP contribution in [0.5, 0.6) is 0 Å². The molecule has 0 spiro atoms. The van der Waals surface area contributed by atoms with Gasteiger partial charge in [-0.25, -0.2) is 14.8 Å². The van der Waals surface area contributed by atoms with E-state index in [1.807, 2.05) is 36.4 Å². The van der Waals surface area contributed by atoms with Crippen LogP contribution in [0.2, 0.25) is 5.02 Å². The Kier molecular flexibility index (Phi) is 2.55. The monoisotopic (exact) mass is 294 g/mol. The minimum atomic E-state index is -0.571. The molecule has 100 valence electrons. The van der Waals surface area contributed by atoms with Gasteiger partial charge in [0.05, 0.1) is 11.2 Å². The molecule has 0 aliphatic carbocycles. The van der Waals surface area contributed by atoms with E-state index in [2.05, 4.69) is 20.0 Å². The fourth-order valence-electron chi connectivity index (χ4n) is 2.26. The summed E-state index contributed by atoms with van der Waals surface area (Å²) in [5, 5.41) is 2.64. The fourth-order valence-corrected chi connectivity index (χ4v) is 2.51. The van der Waals surface area contributed by atoms with Crippen LogP contribution in [0.4, 0.5) is 4.79 Å². The second-order valence-electron chi connectivity index (χ2n) is 4.59. The average molecular weight is 295 g/mol. The van der Waals surface area contributed by atoms with Gasteiger partial charge in [-0.3, -0.25) is 0 Å². The van der Waals surface area contributed by atoms with E-state index >= 15 is 0 Å².